The van der Waals surface area contributed by atoms with Gasteiger partial charge in [-0.15, -0.1) is 10.2 Å². The molecule has 134 valence electrons. The van der Waals surface area contributed by atoms with Crippen LogP contribution in [-0.2, 0) is 6.54 Å². The van der Waals surface area contributed by atoms with E-state index >= 15 is 0 Å². The summed E-state index contributed by atoms with van der Waals surface area (Å²) < 4.78 is 2.08. The van der Waals surface area contributed by atoms with Gasteiger partial charge >= 0.3 is 0 Å². The van der Waals surface area contributed by atoms with Crippen LogP contribution >= 0.6 is 11.8 Å². The molecule has 0 spiro atoms. The Balaban J connectivity index is 1.88. The predicted octanol–water partition coefficient (Wildman–Crippen LogP) is 5.03. The molecule has 0 amide bonds. The fourth-order valence-corrected chi connectivity index (χ4v) is 3.81. The summed E-state index contributed by atoms with van der Waals surface area (Å²) in [6.45, 7) is 6.88. The van der Waals surface area contributed by atoms with Crippen molar-refractivity contribution in [3.8, 4) is 11.4 Å². The van der Waals surface area contributed by atoms with Crippen LogP contribution in [0.4, 0.5) is 5.69 Å². The van der Waals surface area contributed by atoms with Crippen LogP contribution in [0.1, 0.15) is 30.2 Å². The van der Waals surface area contributed by atoms with Gasteiger partial charge in [-0.25, -0.2) is 0 Å². The van der Waals surface area contributed by atoms with Crippen molar-refractivity contribution >= 4 is 17.4 Å². The number of thioether (sulfide) groups is 1. The largest absolute Gasteiger partial charge is 0.302 e. The van der Waals surface area contributed by atoms with E-state index in [0.29, 0.717) is 0 Å². The fraction of sp³-hybridized carbons (Fsp3) is 0.263. The third-order valence-electron chi connectivity index (χ3n) is 4.14. The summed E-state index contributed by atoms with van der Waals surface area (Å²) in [4.78, 5) is 10.6. The molecule has 1 atom stereocenters. The van der Waals surface area contributed by atoms with E-state index in [0.717, 1.165) is 28.7 Å². The van der Waals surface area contributed by atoms with Crippen molar-refractivity contribution in [2.24, 2.45) is 0 Å². The Kier molecular flexibility index (Phi) is 5.37. The third-order valence-corrected chi connectivity index (χ3v) is 5.28. The summed E-state index contributed by atoms with van der Waals surface area (Å²) in [5.74, 6) is 0.838. The third kappa shape index (κ3) is 3.77. The average molecular weight is 368 g/mol. The summed E-state index contributed by atoms with van der Waals surface area (Å²) in [5.41, 5.74) is 3.21. The number of aryl methyl sites for hydroxylation is 1. The molecule has 0 aliphatic heterocycles. The molecular weight excluding hydrogens is 348 g/mol. The van der Waals surface area contributed by atoms with Gasteiger partial charge in [0.15, 0.2) is 11.0 Å². The Hall–Kier alpha value is -2.67. The molecule has 3 aromatic rings. The molecule has 0 saturated heterocycles. The first-order valence-corrected chi connectivity index (χ1v) is 9.28. The Labute approximate surface area is 156 Å². The highest BCUT2D eigenvalue weighted by Crippen LogP contribution is 2.36. The number of rotatable bonds is 6. The van der Waals surface area contributed by atoms with Crippen LogP contribution in [0.15, 0.2) is 53.7 Å². The molecule has 0 saturated carbocycles. The van der Waals surface area contributed by atoms with Crippen molar-refractivity contribution in [3.05, 3.63) is 69.8 Å². The van der Waals surface area contributed by atoms with E-state index < -0.39 is 0 Å². The van der Waals surface area contributed by atoms with Gasteiger partial charge in [0.05, 0.1) is 4.92 Å². The number of nitrogens with zero attached hydrogens (tertiary/aromatic N) is 4. The Morgan fingerprint density at radius 1 is 1.19 bits per heavy atom. The van der Waals surface area contributed by atoms with E-state index in [1.54, 1.807) is 23.9 Å². The molecule has 0 fully saturated rings. The van der Waals surface area contributed by atoms with E-state index in [-0.39, 0.29) is 15.9 Å². The van der Waals surface area contributed by atoms with Crippen molar-refractivity contribution in [2.75, 3.05) is 0 Å². The SMILES string of the molecule is CCn1c(SC(C)c2cccc([N+](=O)[O-])c2)nnc1-c1cccc(C)c1. The zero-order valence-electron chi connectivity index (χ0n) is 14.9. The lowest BCUT2D eigenvalue weighted by atomic mass is 10.1. The van der Waals surface area contributed by atoms with Gasteiger partial charge in [0, 0.05) is 29.5 Å². The first-order chi connectivity index (χ1) is 12.5. The van der Waals surface area contributed by atoms with E-state index in [1.165, 1.54) is 11.6 Å². The number of aromatic nitrogens is 3. The number of nitro benzene ring substituents is 1. The first-order valence-electron chi connectivity index (χ1n) is 8.41. The predicted molar refractivity (Wildman–Crippen MR) is 103 cm³/mol. The van der Waals surface area contributed by atoms with E-state index in [1.807, 2.05) is 25.1 Å². The summed E-state index contributed by atoms with van der Waals surface area (Å²) in [6.07, 6.45) is 0. The number of nitro groups is 1. The maximum Gasteiger partial charge on any atom is 0.269 e. The minimum Gasteiger partial charge on any atom is -0.302 e. The van der Waals surface area contributed by atoms with E-state index in [9.17, 15) is 10.1 Å². The van der Waals surface area contributed by atoms with Crippen molar-refractivity contribution in [1.82, 2.24) is 14.8 Å². The minimum absolute atomic E-state index is 0.0229. The summed E-state index contributed by atoms with van der Waals surface area (Å²) in [5, 5.41) is 20.6. The maximum atomic E-state index is 11.0. The van der Waals surface area contributed by atoms with Crippen molar-refractivity contribution in [2.45, 2.75) is 37.7 Å². The molecule has 7 heteroatoms. The zero-order valence-corrected chi connectivity index (χ0v) is 15.7. The van der Waals surface area contributed by atoms with Gasteiger partial charge in [-0.1, -0.05) is 47.7 Å². The van der Waals surface area contributed by atoms with E-state index in [4.69, 9.17) is 0 Å². The van der Waals surface area contributed by atoms with Crippen LogP contribution in [0, 0.1) is 17.0 Å². The topological polar surface area (TPSA) is 73.8 Å². The highest BCUT2D eigenvalue weighted by Gasteiger charge is 2.18. The van der Waals surface area contributed by atoms with Crippen LogP contribution in [0.2, 0.25) is 0 Å². The van der Waals surface area contributed by atoms with Gasteiger partial charge in [0.25, 0.3) is 5.69 Å². The van der Waals surface area contributed by atoms with Crippen molar-refractivity contribution in [3.63, 3.8) is 0 Å². The molecular formula is C19H20N4O2S. The molecule has 2 aromatic carbocycles. The zero-order chi connectivity index (χ0) is 18.7. The molecule has 1 aromatic heterocycles. The molecule has 3 rings (SSSR count). The highest BCUT2D eigenvalue weighted by atomic mass is 32.2. The second-order valence-electron chi connectivity index (χ2n) is 6.03. The Morgan fingerprint density at radius 2 is 1.96 bits per heavy atom. The number of hydrogen-bond acceptors (Lipinski definition) is 5. The standard InChI is InChI=1S/C19H20N4O2S/c1-4-22-18(16-9-5-7-13(2)11-16)20-21-19(22)26-14(3)15-8-6-10-17(12-15)23(24)25/h5-12,14H,4H2,1-3H3. The molecule has 26 heavy (non-hydrogen) atoms. The molecule has 6 nitrogen and oxygen atoms in total. The normalized spacial score (nSPS) is 12.1. The molecule has 1 unspecified atom stereocenters. The summed E-state index contributed by atoms with van der Waals surface area (Å²) >= 11 is 1.55. The van der Waals surface area contributed by atoms with Gasteiger partial charge < -0.3 is 4.57 Å². The smallest absolute Gasteiger partial charge is 0.269 e. The second-order valence-corrected chi connectivity index (χ2v) is 7.34. The second kappa shape index (κ2) is 7.70. The van der Waals surface area contributed by atoms with Crippen LogP contribution in [0.3, 0.4) is 0 Å². The Morgan fingerprint density at radius 3 is 2.65 bits per heavy atom. The van der Waals surface area contributed by atoms with E-state index in [2.05, 4.69) is 40.7 Å². The molecule has 1 heterocycles. The molecule has 0 radical (unpaired) electrons. The van der Waals surface area contributed by atoms with Crippen LogP contribution < -0.4 is 0 Å². The fourth-order valence-electron chi connectivity index (χ4n) is 2.78. The van der Waals surface area contributed by atoms with Gasteiger partial charge in [-0.2, -0.15) is 0 Å². The van der Waals surface area contributed by atoms with Gasteiger partial charge in [-0.3, -0.25) is 10.1 Å². The van der Waals surface area contributed by atoms with Crippen LogP contribution in [0.5, 0.6) is 0 Å². The number of benzene rings is 2. The lowest BCUT2D eigenvalue weighted by molar-refractivity contribution is -0.384. The molecule has 0 bridgehead atoms. The van der Waals surface area contributed by atoms with Gasteiger partial charge in [-0.05, 0) is 32.4 Å². The highest BCUT2D eigenvalue weighted by molar-refractivity contribution is 7.99. The first kappa shape index (κ1) is 18.1. The lowest BCUT2D eigenvalue weighted by Gasteiger charge is -2.12. The molecule has 0 aliphatic rings. The quantitative estimate of drug-likeness (QED) is 0.346. The molecule has 0 N–H and O–H groups in total. The average Bonchev–Trinajstić information content (AvgIpc) is 3.04. The summed E-state index contributed by atoms with van der Waals surface area (Å²) in [7, 11) is 0. The maximum absolute atomic E-state index is 11.0. The Bertz CT molecular complexity index is 939. The lowest BCUT2D eigenvalue weighted by Crippen LogP contribution is -2.01. The van der Waals surface area contributed by atoms with Crippen molar-refractivity contribution in [1.29, 1.82) is 0 Å². The van der Waals surface area contributed by atoms with Crippen LogP contribution in [0.25, 0.3) is 11.4 Å². The molecule has 0 aliphatic carbocycles. The van der Waals surface area contributed by atoms with Crippen molar-refractivity contribution < 1.29 is 4.92 Å². The van der Waals surface area contributed by atoms with Gasteiger partial charge in [0.1, 0.15) is 0 Å². The monoisotopic (exact) mass is 368 g/mol. The van der Waals surface area contributed by atoms with Crippen LogP contribution in [-0.4, -0.2) is 19.7 Å². The number of hydrogen-bond donors (Lipinski definition) is 0. The number of non-ortho nitro benzene ring substituents is 1. The summed E-state index contributed by atoms with van der Waals surface area (Å²) in [6, 6.07) is 14.9. The minimum atomic E-state index is -0.370. The van der Waals surface area contributed by atoms with Gasteiger partial charge in [0.2, 0.25) is 0 Å².